The first-order valence-electron chi connectivity index (χ1n) is 10.7. The van der Waals surface area contributed by atoms with Gasteiger partial charge in [0.2, 0.25) is 0 Å². The monoisotopic (exact) mass is 545 g/mol. The smallest absolute Gasteiger partial charge is 0.191 e. The summed E-state index contributed by atoms with van der Waals surface area (Å²) in [6, 6.07) is 6.47. The van der Waals surface area contributed by atoms with E-state index in [1.54, 1.807) is 0 Å². The van der Waals surface area contributed by atoms with E-state index in [-0.39, 0.29) is 24.0 Å². The molecule has 2 aromatic rings. The van der Waals surface area contributed by atoms with Gasteiger partial charge in [0, 0.05) is 68.0 Å². The van der Waals surface area contributed by atoms with E-state index in [9.17, 15) is 0 Å². The van der Waals surface area contributed by atoms with Crippen LogP contribution in [0.1, 0.15) is 24.8 Å². The van der Waals surface area contributed by atoms with Crippen molar-refractivity contribution >= 4 is 52.4 Å². The zero-order valence-electron chi connectivity index (χ0n) is 17.6. The standard InChI is InChI=1S/C22H32ClN5O.HI/c1-24-22(25-8-4-17-13-26-21-3-2-18(23)12-20(17)21)27-19-5-9-28(10-6-19)14-16-7-11-29-15-16;/h2-3,12-13,16,19,26H,4-11,14-15H2,1H3,(H2,24,25,27);1H. The zero-order valence-corrected chi connectivity index (χ0v) is 20.7. The van der Waals surface area contributed by atoms with Gasteiger partial charge in [0.05, 0.1) is 6.61 Å². The minimum absolute atomic E-state index is 0. The zero-order chi connectivity index (χ0) is 20.1. The number of piperidine rings is 1. The molecule has 0 aliphatic carbocycles. The normalized spacial score (nSPS) is 21.0. The third-order valence-electron chi connectivity index (χ3n) is 6.11. The van der Waals surface area contributed by atoms with Gasteiger partial charge >= 0.3 is 0 Å². The summed E-state index contributed by atoms with van der Waals surface area (Å²) in [6.07, 6.45) is 6.54. The van der Waals surface area contributed by atoms with E-state index in [1.165, 1.54) is 23.9 Å². The Kier molecular flexibility index (Phi) is 9.10. The van der Waals surface area contributed by atoms with Crippen molar-refractivity contribution in [1.29, 1.82) is 0 Å². The maximum atomic E-state index is 6.15. The Morgan fingerprint density at radius 3 is 2.87 bits per heavy atom. The minimum Gasteiger partial charge on any atom is -0.381 e. The third kappa shape index (κ3) is 6.24. The third-order valence-corrected chi connectivity index (χ3v) is 6.34. The molecule has 6 nitrogen and oxygen atoms in total. The lowest BCUT2D eigenvalue weighted by atomic mass is 10.0. The fraction of sp³-hybridized carbons (Fsp3) is 0.591. The Morgan fingerprint density at radius 2 is 2.13 bits per heavy atom. The van der Waals surface area contributed by atoms with Gasteiger partial charge in [-0.05, 0) is 55.4 Å². The van der Waals surface area contributed by atoms with E-state index < -0.39 is 0 Å². The molecule has 0 amide bonds. The number of aliphatic imine (C=N–C) groups is 1. The fourth-order valence-corrected chi connectivity index (χ4v) is 4.59. The van der Waals surface area contributed by atoms with Gasteiger partial charge in [-0.25, -0.2) is 0 Å². The van der Waals surface area contributed by atoms with Crippen LogP contribution >= 0.6 is 35.6 Å². The second-order valence-corrected chi connectivity index (χ2v) is 8.64. The number of halogens is 2. The number of nitrogens with zero attached hydrogens (tertiary/aromatic N) is 2. The first-order chi connectivity index (χ1) is 14.2. The Hall–Kier alpha value is -1.03. The second kappa shape index (κ2) is 11.5. The molecule has 0 spiro atoms. The van der Waals surface area contributed by atoms with Gasteiger partial charge in [0.15, 0.2) is 5.96 Å². The first kappa shape index (κ1) is 23.6. The number of benzene rings is 1. The number of hydrogen-bond acceptors (Lipinski definition) is 3. The van der Waals surface area contributed by atoms with Gasteiger partial charge in [0.25, 0.3) is 0 Å². The van der Waals surface area contributed by atoms with E-state index in [1.807, 2.05) is 25.2 Å². The van der Waals surface area contributed by atoms with Crippen molar-refractivity contribution < 1.29 is 4.74 Å². The van der Waals surface area contributed by atoms with Gasteiger partial charge in [-0.15, -0.1) is 24.0 Å². The number of fused-ring (bicyclic) bond motifs is 1. The molecule has 0 radical (unpaired) electrons. The lowest BCUT2D eigenvalue weighted by Crippen LogP contribution is -2.49. The summed E-state index contributed by atoms with van der Waals surface area (Å²) in [6.45, 7) is 6.21. The average molecular weight is 546 g/mol. The van der Waals surface area contributed by atoms with Crippen LogP contribution in [0.3, 0.4) is 0 Å². The molecule has 2 aliphatic heterocycles. The van der Waals surface area contributed by atoms with Gasteiger partial charge < -0.3 is 25.3 Å². The molecule has 2 saturated heterocycles. The number of ether oxygens (including phenoxy) is 1. The van der Waals surface area contributed by atoms with Crippen LogP contribution in [0.15, 0.2) is 29.4 Å². The highest BCUT2D eigenvalue weighted by Crippen LogP contribution is 2.22. The van der Waals surface area contributed by atoms with Crippen LogP contribution in [0.5, 0.6) is 0 Å². The van der Waals surface area contributed by atoms with Gasteiger partial charge in [-0.1, -0.05) is 11.6 Å². The number of H-pyrrole nitrogens is 1. The van der Waals surface area contributed by atoms with Crippen LogP contribution in [-0.4, -0.2) is 68.3 Å². The Bertz CT molecular complexity index is 828. The molecule has 0 saturated carbocycles. The summed E-state index contributed by atoms with van der Waals surface area (Å²) < 4.78 is 5.51. The van der Waals surface area contributed by atoms with Crippen LogP contribution in [0.2, 0.25) is 5.02 Å². The van der Waals surface area contributed by atoms with Crippen molar-refractivity contribution in [2.45, 2.75) is 31.7 Å². The summed E-state index contributed by atoms with van der Waals surface area (Å²) >= 11 is 6.15. The van der Waals surface area contributed by atoms with E-state index in [4.69, 9.17) is 16.3 Å². The Balaban J connectivity index is 0.00000256. The molecule has 1 unspecified atom stereocenters. The van der Waals surface area contributed by atoms with Crippen molar-refractivity contribution in [3.63, 3.8) is 0 Å². The topological polar surface area (TPSA) is 64.7 Å². The maximum absolute atomic E-state index is 6.15. The molecule has 8 heteroatoms. The molecule has 1 atom stereocenters. The van der Waals surface area contributed by atoms with Crippen molar-refractivity contribution in [2.24, 2.45) is 10.9 Å². The lowest BCUT2D eigenvalue weighted by molar-refractivity contribution is 0.150. The predicted octanol–water partition coefficient (Wildman–Crippen LogP) is 3.65. The number of aromatic nitrogens is 1. The summed E-state index contributed by atoms with van der Waals surface area (Å²) in [5, 5.41) is 9.04. The van der Waals surface area contributed by atoms with Crippen molar-refractivity contribution in [3.05, 3.63) is 35.0 Å². The average Bonchev–Trinajstić information content (AvgIpc) is 3.38. The fourth-order valence-electron chi connectivity index (χ4n) is 4.41. The molecular formula is C22H33ClIN5O. The van der Waals surface area contributed by atoms with Crippen molar-refractivity contribution in [2.75, 3.05) is 46.4 Å². The van der Waals surface area contributed by atoms with Gasteiger partial charge in [-0.3, -0.25) is 4.99 Å². The highest BCUT2D eigenvalue weighted by atomic mass is 127. The molecule has 30 heavy (non-hydrogen) atoms. The molecule has 4 rings (SSSR count). The van der Waals surface area contributed by atoms with Crippen molar-refractivity contribution in [3.8, 4) is 0 Å². The molecule has 166 valence electrons. The summed E-state index contributed by atoms with van der Waals surface area (Å²) in [7, 11) is 1.84. The van der Waals surface area contributed by atoms with E-state index >= 15 is 0 Å². The molecule has 2 fully saturated rings. The summed E-state index contributed by atoms with van der Waals surface area (Å²) in [4.78, 5) is 10.3. The summed E-state index contributed by atoms with van der Waals surface area (Å²) in [5.41, 5.74) is 2.40. The maximum Gasteiger partial charge on any atom is 0.191 e. The first-order valence-corrected chi connectivity index (χ1v) is 11.1. The van der Waals surface area contributed by atoms with Gasteiger partial charge in [-0.2, -0.15) is 0 Å². The molecule has 3 N–H and O–H groups in total. The molecule has 3 heterocycles. The molecular weight excluding hydrogens is 513 g/mol. The molecule has 0 bridgehead atoms. The Morgan fingerprint density at radius 1 is 1.30 bits per heavy atom. The quantitative estimate of drug-likeness (QED) is 0.295. The van der Waals surface area contributed by atoms with Crippen molar-refractivity contribution in [1.82, 2.24) is 20.5 Å². The number of hydrogen-bond donors (Lipinski definition) is 3. The number of rotatable bonds is 6. The number of likely N-dealkylation sites (tertiary alicyclic amines) is 1. The van der Waals surface area contributed by atoms with Crippen LogP contribution in [0.25, 0.3) is 10.9 Å². The minimum atomic E-state index is 0. The van der Waals surface area contributed by atoms with Crippen LogP contribution in [0, 0.1) is 5.92 Å². The number of guanidine groups is 1. The van der Waals surface area contributed by atoms with Crippen LogP contribution in [-0.2, 0) is 11.2 Å². The van der Waals surface area contributed by atoms with E-state index in [0.717, 1.165) is 74.5 Å². The van der Waals surface area contributed by atoms with Crippen LogP contribution in [0.4, 0.5) is 0 Å². The predicted molar refractivity (Wildman–Crippen MR) is 135 cm³/mol. The lowest BCUT2D eigenvalue weighted by Gasteiger charge is -2.34. The second-order valence-electron chi connectivity index (χ2n) is 8.20. The van der Waals surface area contributed by atoms with Crippen LogP contribution < -0.4 is 10.6 Å². The number of aromatic amines is 1. The molecule has 1 aromatic carbocycles. The summed E-state index contributed by atoms with van der Waals surface area (Å²) in [5.74, 6) is 1.62. The highest BCUT2D eigenvalue weighted by Gasteiger charge is 2.24. The largest absolute Gasteiger partial charge is 0.381 e. The highest BCUT2D eigenvalue weighted by molar-refractivity contribution is 14.0. The Labute approximate surface area is 201 Å². The number of nitrogens with one attached hydrogen (secondary N) is 3. The molecule has 2 aliphatic rings. The van der Waals surface area contributed by atoms with E-state index in [2.05, 4.69) is 31.7 Å². The SMILES string of the molecule is CN=C(NCCc1c[nH]c2ccc(Cl)cc12)NC1CCN(CC2CCOC2)CC1.I. The van der Waals surface area contributed by atoms with E-state index in [0.29, 0.717) is 6.04 Å². The van der Waals surface area contributed by atoms with Gasteiger partial charge in [0.1, 0.15) is 0 Å². The molecule has 1 aromatic heterocycles.